The molecule has 1 aromatic heterocycles. The Labute approximate surface area is 209 Å². The number of hydrogen-bond acceptors (Lipinski definition) is 7. The second-order valence-corrected chi connectivity index (χ2v) is 9.40. The van der Waals surface area contributed by atoms with E-state index in [-0.39, 0.29) is 17.6 Å². The number of para-hydroxylation sites is 1. The largest absolute Gasteiger partial charge is 0.497 e. The van der Waals surface area contributed by atoms with Gasteiger partial charge in [-0.15, -0.1) is 5.10 Å². The fraction of sp³-hybridized carbons (Fsp3) is 0.360. The van der Waals surface area contributed by atoms with Crippen molar-refractivity contribution in [2.75, 3.05) is 50.9 Å². The van der Waals surface area contributed by atoms with Crippen molar-refractivity contribution in [2.45, 2.75) is 19.0 Å². The number of aromatic amines is 1. The van der Waals surface area contributed by atoms with Gasteiger partial charge < -0.3 is 15.0 Å². The van der Waals surface area contributed by atoms with Crippen molar-refractivity contribution in [2.24, 2.45) is 0 Å². The summed E-state index contributed by atoms with van der Waals surface area (Å²) >= 11 is 1.31. The number of hydrogen-bond donors (Lipinski definition) is 2. The maximum Gasteiger partial charge on any atom is 0.238 e. The van der Waals surface area contributed by atoms with Crippen molar-refractivity contribution in [3.05, 3.63) is 53.6 Å². The summed E-state index contributed by atoms with van der Waals surface area (Å²) in [5.74, 6) is 1.71. The number of ether oxygens (including phenoxy) is 1. The second-order valence-electron chi connectivity index (χ2n) is 8.46. The highest BCUT2D eigenvalue weighted by Crippen LogP contribution is 2.22. The fourth-order valence-electron chi connectivity index (χ4n) is 3.96. The maximum absolute atomic E-state index is 12.7. The molecule has 1 aliphatic heterocycles. The number of H-pyrrole nitrogens is 1. The molecule has 184 valence electrons. The van der Waals surface area contributed by atoms with E-state index in [2.05, 4.69) is 25.4 Å². The van der Waals surface area contributed by atoms with Crippen molar-refractivity contribution in [3.8, 4) is 17.1 Å². The smallest absolute Gasteiger partial charge is 0.238 e. The number of rotatable bonds is 8. The maximum atomic E-state index is 12.7. The number of anilines is 1. The van der Waals surface area contributed by atoms with Gasteiger partial charge in [-0.25, -0.2) is 4.98 Å². The van der Waals surface area contributed by atoms with Gasteiger partial charge in [-0.3, -0.25) is 19.6 Å². The van der Waals surface area contributed by atoms with Crippen molar-refractivity contribution in [1.29, 1.82) is 0 Å². The molecule has 0 radical (unpaired) electrons. The summed E-state index contributed by atoms with van der Waals surface area (Å²) in [6, 6.07) is 13.5. The van der Waals surface area contributed by atoms with Crippen LogP contribution in [0.5, 0.6) is 5.75 Å². The number of nitrogens with zero attached hydrogens (tertiary/aromatic N) is 4. The molecular weight excluding hydrogens is 464 g/mol. The lowest BCUT2D eigenvalue weighted by Crippen LogP contribution is -2.50. The Balaban J connectivity index is 1.21. The van der Waals surface area contributed by atoms with Crippen LogP contribution in [0.3, 0.4) is 0 Å². The van der Waals surface area contributed by atoms with Gasteiger partial charge in [0.25, 0.3) is 0 Å². The van der Waals surface area contributed by atoms with Gasteiger partial charge in [0, 0.05) is 37.4 Å². The molecule has 1 aliphatic rings. The van der Waals surface area contributed by atoms with Gasteiger partial charge in [-0.05, 0) is 49.2 Å². The van der Waals surface area contributed by atoms with Gasteiger partial charge in [0.2, 0.25) is 17.0 Å². The third kappa shape index (κ3) is 6.40. The first kappa shape index (κ1) is 24.7. The summed E-state index contributed by atoms with van der Waals surface area (Å²) in [4.78, 5) is 33.6. The van der Waals surface area contributed by atoms with E-state index in [1.165, 1.54) is 11.8 Å². The predicted octanol–water partition coefficient (Wildman–Crippen LogP) is 2.97. The Morgan fingerprint density at radius 2 is 1.74 bits per heavy atom. The summed E-state index contributed by atoms with van der Waals surface area (Å²) in [7, 11) is 1.62. The van der Waals surface area contributed by atoms with Gasteiger partial charge in [0.05, 0.1) is 19.4 Å². The van der Waals surface area contributed by atoms with Gasteiger partial charge in [-0.1, -0.05) is 30.0 Å². The molecule has 0 unspecified atom stereocenters. The molecule has 3 aromatic rings. The van der Waals surface area contributed by atoms with Crippen molar-refractivity contribution >= 4 is 29.3 Å². The molecule has 0 bridgehead atoms. The average molecular weight is 495 g/mol. The summed E-state index contributed by atoms with van der Waals surface area (Å²) in [6.45, 7) is 6.82. The highest BCUT2D eigenvalue weighted by molar-refractivity contribution is 7.99. The summed E-state index contributed by atoms with van der Waals surface area (Å²) in [6.07, 6.45) is 0. The average Bonchev–Trinajstić information content (AvgIpc) is 3.34. The normalized spacial score (nSPS) is 14.1. The minimum atomic E-state index is -0.0324. The number of carbonyl (C=O) groups is 2. The molecule has 2 aromatic carbocycles. The fourth-order valence-corrected chi connectivity index (χ4v) is 4.66. The molecule has 10 heteroatoms. The summed E-state index contributed by atoms with van der Waals surface area (Å²) in [5.41, 5.74) is 3.88. The van der Waals surface area contributed by atoms with Gasteiger partial charge in [0.1, 0.15) is 5.75 Å². The molecule has 0 saturated carbocycles. The lowest BCUT2D eigenvalue weighted by molar-refractivity contribution is -0.130. The Bertz CT molecular complexity index is 1150. The first-order valence-electron chi connectivity index (χ1n) is 11.5. The number of carbonyl (C=O) groups excluding carboxylic acids is 2. The summed E-state index contributed by atoms with van der Waals surface area (Å²) < 4.78 is 5.18. The zero-order valence-electron chi connectivity index (χ0n) is 20.2. The number of aromatic nitrogens is 3. The van der Waals surface area contributed by atoms with Gasteiger partial charge >= 0.3 is 0 Å². The van der Waals surface area contributed by atoms with E-state index in [0.29, 0.717) is 43.7 Å². The zero-order chi connectivity index (χ0) is 24.8. The van der Waals surface area contributed by atoms with Crippen molar-refractivity contribution in [3.63, 3.8) is 0 Å². The SMILES string of the molecule is COc1ccc(-c2nc(SCC(=O)N3CCN(CC(=O)Nc4c(C)cccc4C)CC3)n[nH]2)cc1. The van der Waals surface area contributed by atoms with E-state index >= 15 is 0 Å². The standard InChI is InChI=1S/C25H30N6O3S/c1-17-5-4-6-18(2)23(17)26-21(32)15-30-11-13-31(14-12-30)22(33)16-35-25-27-24(28-29-25)19-7-9-20(34-3)10-8-19/h4-10H,11-16H2,1-3H3,(H,26,32)(H,27,28,29). The van der Waals surface area contributed by atoms with Crippen LogP contribution in [0.4, 0.5) is 5.69 Å². The predicted molar refractivity (Wildman–Crippen MR) is 137 cm³/mol. The van der Waals surface area contributed by atoms with E-state index in [1.54, 1.807) is 7.11 Å². The molecular formula is C25H30N6O3S. The van der Waals surface area contributed by atoms with Crippen LogP contribution < -0.4 is 10.1 Å². The van der Waals surface area contributed by atoms with Crippen LogP contribution in [0.1, 0.15) is 11.1 Å². The molecule has 2 heterocycles. The minimum absolute atomic E-state index is 0.0324. The van der Waals surface area contributed by atoms with E-state index in [1.807, 2.05) is 61.2 Å². The molecule has 35 heavy (non-hydrogen) atoms. The number of benzene rings is 2. The van der Waals surface area contributed by atoms with Crippen LogP contribution in [-0.2, 0) is 9.59 Å². The Morgan fingerprint density at radius 3 is 2.40 bits per heavy atom. The van der Waals surface area contributed by atoms with Crippen LogP contribution in [0.25, 0.3) is 11.4 Å². The van der Waals surface area contributed by atoms with Crippen LogP contribution in [0.15, 0.2) is 47.6 Å². The molecule has 0 aliphatic carbocycles. The first-order chi connectivity index (χ1) is 16.9. The van der Waals surface area contributed by atoms with E-state index in [9.17, 15) is 9.59 Å². The highest BCUT2D eigenvalue weighted by Gasteiger charge is 2.23. The quantitative estimate of drug-likeness (QED) is 0.464. The number of nitrogens with one attached hydrogen (secondary N) is 2. The van der Waals surface area contributed by atoms with Gasteiger partial charge in [0.15, 0.2) is 5.82 Å². The minimum Gasteiger partial charge on any atom is -0.497 e. The van der Waals surface area contributed by atoms with Crippen LogP contribution in [0, 0.1) is 13.8 Å². The molecule has 0 spiro atoms. The molecule has 4 rings (SSSR count). The number of thioether (sulfide) groups is 1. The van der Waals surface area contributed by atoms with Crippen LogP contribution in [0.2, 0.25) is 0 Å². The molecule has 2 N–H and O–H groups in total. The molecule has 1 saturated heterocycles. The topological polar surface area (TPSA) is 103 Å². The van der Waals surface area contributed by atoms with Crippen molar-refractivity contribution < 1.29 is 14.3 Å². The number of amides is 2. The third-order valence-corrected chi connectivity index (χ3v) is 6.82. The number of aryl methyl sites for hydroxylation is 2. The highest BCUT2D eigenvalue weighted by atomic mass is 32.2. The number of methoxy groups -OCH3 is 1. The third-order valence-electron chi connectivity index (χ3n) is 5.99. The van der Waals surface area contributed by atoms with E-state index in [0.717, 1.165) is 28.1 Å². The Morgan fingerprint density at radius 1 is 1.06 bits per heavy atom. The van der Waals surface area contributed by atoms with E-state index < -0.39 is 0 Å². The Kier molecular flexibility index (Phi) is 8.04. The second kappa shape index (κ2) is 11.4. The molecule has 1 fully saturated rings. The molecule has 2 amide bonds. The zero-order valence-corrected chi connectivity index (χ0v) is 21.0. The monoisotopic (exact) mass is 494 g/mol. The number of piperazine rings is 1. The van der Waals surface area contributed by atoms with Crippen molar-refractivity contribution in [1.82, 2.24) is 25.0 Å². The lowest BCUT2D eigenvalue weighted by Gasteiger charge is -2.34. The summed E-state index contributed by atoms with van der Waals surface area (Å²) in [5, 5.41) is 10.7. The van der Waals surface area contributed by atoms with E-state index in [4.69, 9.17) is 4.74 Å². The van der Waals surface area contributed by atoms with Crippen LogP contribution >= 0.6 is 11.8 Å². The molecule has 0 atom stereocenters. The van der Waals surface area contributed by atoms with Gasteiger partial charge in [-0.2, -0.15) is 0 Å². The van der Waals surface area contributed by atoms with Crippen LogP contribution in [-0.4, -0.2) is 82.4 Å². The molecule has 9 nitrogen and oxygen atoms in total. The lowest BCUT2D eigenvalue weighted by atomic mass is 10.1. The Hall–Kier alpha value is -3.37. The first-order valence-corrected chi connectivity index (χ1v) is 12.5.